The van der Waals surface area contributed by atoms with Crippen LogP contribution in [0.4, 0.5) is 0 Å². The predicted molar refractivity (Wildman–Crippen MR) is 56.2 cm³/mol. The average molecular weight is 405 g/mol. The monoisotopic (exact) mass is 405 g/mol. The first-order chi connectivity index (χ1) is 7.61. The number of aromatic amines is 1. The van der Waals surface area contributed by atoms with E-state index in [0.717, 1.165) is 0 Å². The fourth-order valence-corrected chi connectivity index (χ4v) is 1.53. The van der Waals surface area contributed by atoms with Gasteiger partial charge in [-0.3, -0.25) is 14.3 Å². The van der Waals surface area contributed by atoms with Crippen LogP contribution < -0.4 is 11.2 Å². The summed E-state index contributed by atoms with van der Waals surface area (Å²) < 4.78 is 6.63. The van der Waals surface area contributed by atoms with Gasteiger partial charge in [0, 0.05) is 34.1 Å². The van der Waals surface area contributed by atoms with E-state index in [1.807, 2.05) is 0 Å². The van der Waals surface area contributed by atoms with Gasteiger partial charge in [0.2, 0.25) is 0 Å². The van der Waals surface area contributed by atoms with Gasteiger partial charge in [-0.25, -0.2) is 4.79 Å². The first-order valence-electron chi connectivity index (χ1n) is 4.88. The molecule has 2 heterocycles. The maximum atomic E-state index is 11.5. The summed E-state index contributed by atoms with van der Waals surface area (Å²) in [4.78, 5) is 24.9. The van der Waals surface area contributed by atoms with Crippen molar-refractivity contribution in [3.05, 3.63) is 44.8 Å². The minimum Gasteiger partial charge on any atom is -0.393 e. The Kier molecular flexibility index (Phi) is 4.67. The molecule has 0 saturated heterocycles. The Labute approximate surface area is 112 Å². The molecule has 2 rings (SSSR count). The molecule has 0 amide bonds. The molecule has 1 radical (unpaired) electrons. The minimum absolute atomic E-state index is 0. The Hall–Kier alpha value is -0.920. The van der Waals surface area contributed by atoms with E-state index in [9.17, 15) is 9.59 Å². The Bertz CT molecular complexity index is 534. The van der Waals surface area contributed by atoms with Gasteiger partial charge in [0.1, 0.15) is 6.10 Å². The first kappa shape index (κ1) is 14.1. The zero-order valence-corrected chi connectivity index (χ0v) is 12.4. The Morgan fingerprint density at radius 3 is 2.76 bits per heavy atom. The molecule has 2 unspecified atom stereocenters. The van der Waals surface area contributed by atoms with E-state index < -0.39 is 23.6 Å². The molecule has 0 bridgehead atoms. The fraction of sp³-hybridized carbons (Fsp3) is 0.400. The third kappa shape index (κ3) is 2.85. The van der Waals surface area contributed by atoms with Crippen molar-refractivity contribution in [1.82, 2.24) is 9.55 Å². The van der Waals surface area contributed by atoms with Crippen molar-refractivity contribution in [1.29, 1.82) is 0 Å². The number of aliphatic hydroxyl groups excluding tert-OH is 1. The summed E-state index contributed by atoms with van der Waals surface area (Å²) in [6.07, 6.45) is 3.82. The maximum absolute atomic E-state index is 11.5. The van der Waals surface area contributed by atoms with E-state index in [4.69, 9.17) is 9.84 Å². The Balaban J connectivity index is 0.00000144. The van der Waals surface area contributed by atoms with Crippen LogP contribution in [0.25, 0.3) is 0 Å². The maximum Gasteiger partial charge on any atom is 0.330 e. The second-order valence-electron chi connectivity index (χ2n) is 3.61. The van der Waals surface area contributed by atoms with Gasteiger partial charge in [-0.2, -0.15) is 0 Å². The van der Waals surface area contributed by atoms with Gasteiger partial charge in [0.15, 0.2) is 6.23 Å². The zero-order chi connectivity index (χ0) is 11.7. The van der Waals surface area contributed by atoms with Crippen LogP contribution in [0.2, 0.25) is 0 Å². The second-order valence-corrected chi connectivity index (χ2v) is 3.61. The number of aromatic nitrogens is 2. The van der Waals surface area contributed by atoms with Crippen LogP contribution in [-0.4, -0.2) is 27.4 Å². The van der Waals surface area contributed by atoms with Gasteiger partial charge in [-0.05, 0) is 13.0 Å². The van der Waals surface area contributed by atoms with Crippen LogP contribution in [0.1, 0.15) is 11.8 Å². The van der Waals surface area contributed by atoms with Gasteiger partial charge in [0.05, 0.1) is 6.61 Å². The van der Waals surface area contributed by atoms with E-state index in [0.29, 0.717) is 5.56 Å². The van der Waals surface area contributed by atoms with Gasteiger partial charge < -0.3 is 9.84 Å². The quantitative estimate of drug-likeness (QED) is 0.637. The molecule has 0 aromatic carbocycles. The van der Waals surface area contributed by atoms with E-state index in [2.05, 4.69) is 4.98 Å². The van der Waals surface area contributed by atoms with Crippen molar-refractivity contribution in [2.45, 2.75) is 19.3 Å². The summed E-state index contributed by atoms with van der Waals surface area (Å²) in [5, 5.41) is 8.88. The summed E-state index contributed by atoms with van der Waals surface area (Å²) in [6, 6.07) is 0. The molecular formula is C10H12N2O4Ta. The summed E-state index contributed by atoms with van der Waals surface area (Å²) in [5.41, 5.74) is -0.491. The Morgan fingerprint density at radius 1 is 1.47 bits per heavy atom. The molecule has 0 spiro atoms. The molecule has 2 N–H and O–H groups in total. The molecule has 91 valence electrons. The number of hydrogen-bond donors (Lipinski definition) is 2. The van der Waals surface area contributed by atoms with Crippen molar-refractivity contribution in [3.63, 3.8) is 0 Å². The van der Waals surface area contributed by atoms with Crippen LogP contribution >= 0.6 is 0 Å². The summed E-state index contributed by atoms with van der Waals surface area (Å²) >= 11 is 0. The van der Waals surface area contributed by atoms with E-state index >= 15 is 0 Å². The minimum atomic E-state index is -0.569. The molecule has 1 aliphatic heterocycles. The molecule has 7 heteroatoms. The number of nitrogens with zero attached hydrogens (tertiary/aromatic N) is 1. The molecule has 1 aliphatic rings. The van der Waals surface area contributed by atoms with Crippen LogP contribution in [0.3, 0.4) is 0 Å². The number of nitrogens with one attached hydrogen (secondary N) is 1. The molecule has 2 atom stereocenters. The summed E-state index contributed by atoms with van der Waals surface area (Å²) in [6.45, 7) is 1.47. The average Bonchev–Trinajstić information content (AvgIpc) is 2.71. The SMILES string of the molecule is Cc1cn(C2C=CC(CO)O2)c(=O)[nH]c1=O.[Ta]. The predicted octanol–water partition coefficient (Wildman–Crippen LogP) is -0.712. The molecule has 6 nitrogen and oxygen atoms in total. The number of hydrogen-bond acceptors (Lipinski definition) is 4. The first-order valence-corrected chi connectivity index (χ1v) is 4.88. The van der Waals surface area contributed by atoms with Crippen molar-refractivity contribution in [2.24, 2.45) is 0 Å². The van der Waals surface area contributed by atoms with Gasteiger partial charge >= 0.3 is 5.69 Å². The van der Waals surface area contributed by atoms with Gasteiger partial charge in [-0.15, -0.1) is 0 Å². The number of aliphatic hydroxyl groups is 1. The molecule has 1 aromatic heterocycles. The topological polar surface area (TPSA) is 84.3 Å². The number of aryl methyl sites for hydroxylation is 1. The summed E-state index contributed by atoms with van der Waals surface area (Å²) in [5.74, 6) is 0. The number of H-pyrrole nitrogens is 1. The fourth-order valence-electron chi connectivity index (χ4n) is 1.53. The molecule has 0 aliphatic carbocycles. The Morgan fingerprint density at radius 2 is 2.18 bits per heavy atom. The third-order valence-corrected chi connectivity index (χ3v) is 2.40. The van der Waals surface area contributed by atoms with Gasteiger partial charge in [-0.1, -0.05) is 6.08 Å². The molecule has 17 heavy (non-hydrogen) atoms. The van der Waals surface area contributed by atoms with Crippen molar-refractivity contribution in [2.75, 3.05) is 6.61 Å². The second kappa shape index (κ2) is 5.61. The molecular weight excluding hydrogens is 393 g/mol. The van der Waals surface area contributed by atoms with E-state index in [1.54, 1.807) is 19.1 Å². The van der Waals surface area contributed by atoms with Crippen LogP contribution in [0.5, 0.6) is 0 Å². The van der Waals surface area contributed by atoms with Gasteiger partial charge in [0.25, 0.3) is 5.56 Å². The van der Waals surface area contributed by atoms with Crippen molar-refractivity contribution >= 4 is 0 Å². The number of ether oxygens (including phenoxy) is 1. The van der Waals surface area contributed by atoms with Crippen LogP contribution in [0, 0.1) is 6.92 Å². The smallest absolute Gasteiger partial charge is 0.330 e. The zero-order valence-electron chi connectivity index (χ0n) is 9.16. The normalized spacial score (nSPS) is 22.5. The van der Waals surface area contributed by atoms with E-state index in [1.165, 1.54) is 10.8 Å². The molecule has 0 fully saturated rings. The third-order valence-electron chi connectivity index (χ3n) is 2.40. The van der Waals surface area contributed by atoms with Crippen molar-refractivity contribution in [3.8, 4) is 0 Å². The van der Waals surface area contributed by atoms with Crippen molar-refractivity contribution < 1.29 is 32.2 Å². The van der Waals surface area contributed by atoms with Crippen LogP contribution in [0.15, 0.2) is 27.9 Å². The van der Waals surface area contributed by atoms with E-state index in [-0.39, 0.29) is 29.0 Å². The largest absolute Gasteiger partial charge is 0.393 e. The summed E-state index contributed by atoms with van der Waals surface area (Å²) in [7, 11) is 0. The number of rotatable bonds is 2. The van der Waals surface area contributed by atoms with Crippen LogP contribution in [-0.2, 0) is 27.1 Å². The molecule has 0 saturated carbocycles. The standard InChI is InChI=1S/C10H12N2O4.Ta/c1-6-4-12(10(15)11-9(6)14)8-3-2-7(5-13)16-8;/h2-4,7-8,13H,5H2,1H3,(H,11,14,15);. The molecule has 1 aromatic rings.